The van der Waals surface area contributed by atoms with Crippen molar-refractivity contribution in [3.8, 4) is 0 Å². The van der Waals surface area contributed by atoms with Crippen molar-refractivity contribution in [3.05, 3.63) is 82.9 Å². The molecule has 1 aliphatic rings. The largest absolute Gasteiger partial charge is 0.481 e. The molecule has 23 nitrogen and oxygen atoms in total. The highest BCUT2D eigenvalue weighted by Crippen LogP contribution is 2.27. The van der Waals surface area contributed by atoms with Crippen molar-refractivity contribution in [2.24, 2.45) is 25.4 Å². The number of unbranched alkanes of at least 4 members (excludes halogenated alkanes) is 1. The van der Waals surface area contributed by atoms with Gasteiger partial charge in [-0.25, -0.2) is 28.8 Å². The van der Waals surface area contributed by atoms with Crippen molar-refractivity contribution >= 4 is 70.9 Å². The number of isocyanates is 4. The molecule has 1 aliphatic heterocycles. The fourth-order valence-corrected chi connectivity index (χ4v) is 4.14. The van der Waals surface area contributed by atoms with E-state index in [0.29, 0.717) is 71.9 Å². The Labute approximate surface area is 391 Å². The minimum absolute atomic E-state index is 0.0278. The first kappa shape index (κ1) is 65.2. The second-order valence-corrected chi connectivity index (χ2v) is 13.3. The van der Waals surface area contributed by atoms with Gasteiger partial charge in [0.1, 0.15) is 0 Å². The maximum atomic E-state index is 10.8. The minimum Gasteiger partial charge on any atom is -0.481 e. The van der Waals surface area contributed by atoms with E-state index in [1.165, 1.54) is 37.3 Å². The van der Waals surface area contributed by atoms with Crippen LogP contribution in [0, 0.1) is 19.3 Å². The van der Waals surface area contributed by atoms with Crippen LogP contribution < -0.4 is 0 Å². The number of fused-ring (bicyclic) bond motifs is 1. The first-order valence-electron chi connectivity index (χ1n) is 20.1. The molecule has 3 aromatic carbocycles. The van der Waals surface area contributed by atoms with Gasteiger partial charge in [-0.3, -0.25) is 9.59 Å². The summed E-state index contributed by atoms with van der Waals surface area (Å²) >= 11 is 0. The van der Waals surface area contributed by atoms with E-state index in [-0.39, 0.29) is 52.5 Å². The summed E-state index contributed by atoms with van der Waals surface area (Å²) in [5, 5.41) is 74.4. The summed E-state index contributed by atoms with van der Waals surface area (Å²) in [6.07, 6.45) is 6.75. The third-order valence-electron chi connectivity index (χ3n) is 8.22. The number of aryl methyl sites for hydroxylation is 1. The number of carbonyl (C=O) groups excluding carboxylic acids is 6. The van der Waals surface area contributed by atoms with Crippen LogP contribution in [0.2, 0.25) is 0 Å². The van der Waals surface area contributed by atoms with Crippen LogP contribution in [0.1, 0.15) is 77.8 Å². The summed E-state index contributed by atoms with van der Waals surface area (Å²) in [4.78, 5) is 95.1. The molecule has 0 saturated heterocycles. The van der Waals surface area contributed by atoms with Gasteiger partial charge in [0.25, 0.3) is 0 Å². The standard InChI is InChI=1S/2C9H6N2O2.C8H4O3.C6H10O4.C6H14O3.C4H10O3.C3H8O2/c1-7-2-3-8(10-5-12)4-9(7)11-6-13;1-7-8(10-5-12)3-2-4-9(7)11-6-13;9-7-5-3-1-2-4-6(5)8(10)11-7;7-5(8)3-1-2-4-6(9)10;1-2-6(3-7,4-8)5-9;5-1-3-7-4-2-6;1-3(5)2-4/h2*2-4H,1H3;1-4H;1-4H2,(H,7,8)(H,9,10);7-9H,2-5H2,1H3;5-6H,1-4H2;3-5H,2H2,1H3/t;;;;;;3-/m......1/s1. The number of aliphatic hydroxyl groups is 7. The van der Waals surface area contributed by atoms with E-state index in [1.54, 1.807) is 68.4 Å². The number of carbonyl (C=O) groups is 4. The highest BCUT2D eigenvalue weighted by Gasteiger charge is 2.28. The molecule has 68 heavy (non-hydrogen) atoms. The fraction of sp³-hybridized carbons (Fsp3) is 0.422. The van der Waals surface area contributed by atoms with Gasteiger partial charge in [-0.2, -0.15) is 20.0 Å². The average molecular weight is 959 g/mol. The van der Waals surface area contributed by atoms with Crippen LogP contribution in [0.3, 0.4) is 0 Å². The van der Waals surface area contributed by atoms with Crippen LogP contribution in [0.4, 0.5) is 22.7 Å². The third kappa shape index (κ3) is 31.0. The van der Waals surface area contributed by atoms with Crippen LogP contribution in [-0.4, -0.2) is 153 Å². The summed E-state index contributed by atoms with van der Waals surface area (Å²) in [7, 11) is 0. The predicted octanol–water partition coefficient (Wildman–Crippen LogP) is 3.28. The van der Waals surface area contributed by atoms with Gasteiger partial charge in [-0.15, -0.1) is 0 Å². The number of hydrogen-bond acceptors (Lipinski definition) is 21. The number of carboxylic acids is 2. The lowest BCUT2D eigenvalue weighted by atomic mass is 9.88. The Bertz CT molecular complexity index is 2020. The van der Waals surface area contributed by atoms with Gasteiger partial charge < -0.3 is 55.4 Å². The summed E-state index contributed by atoms with van der Waals surface area (Å²) in [5.74, 6) is -2.84. The Kier molecular flexibility index (Phi) is 39.7. The monoisotopic (exact) mass is 958 g/mol. The topological polar surface area (TPSA) is 387 Å². The molecule has 0 radical (unpaired) electrons. The summed E-state index contributed by atoms with van der Waals surface area (Å²) in [6, 6.07) is 16.3. The van der Waals surface area contributed by atoms with Gasteiger partial charge in [0.2, 0.25) is 24.3 Å². The number of ether oxygens (including phenoxy) is 2. The number of nitrogens with zero attached hydrogens (tertiary/aromatic N) is 4. The molecule has 0 amide bonds. The van der Waals surface area contributed by atoms with Crippen LogP contribution in [0.25, 0.3) is 0 Å². The Hall–Kier alpha value is -7.06. The van der Waals surface area contributed by atoms with E-state index < -0.39 is 35.4 Å². The van der Waals surface area contributed by atoms with Crippen molar-refractivity contribution in [1.29, 1.82) is 0 Å². The van der Waals surface area contributed by atoms with E-state index in [1.807, 2.05) is 6.92 Å². The van der Waals surface area contributed by atoms with Crippen LogP contribution in [-0.2, 0) is 38.2 Å². The summed E-state index contributed by atoms with van der Waals surface area (Å²) in [5.41, 5.74) is 3.36. The van der Waals surface area contributed by atoms with E-state index in [9.17, 15) is 38.4 Å². The fourth-order valence-electron chi connectivity index (χ4n) is 4.14. The van der Waals surface area contributed by atoms with Gasteiger partial charge in [0, 0.05) is 23.8 Å². The molecule has 4 rings (SSSR count). The first-order chi connectivity index (χ1) is 32.4. The first-order valence-corrected chi connectivity index (χ1v) is 20.1. The zero-order valence-corrected chi connectivity index (χ0v) is 37.9. The number of rotatable bonds is 18. The van der Waals surface area contributed by atoms with E-state index in [0.717, 1.165) is 5.56 Å². The molecule has 0 bridgehead atoms. The molecule has 0 spiro atoms. The van der Waals surface area contributed by atoms with Gasteiger partial charge in [-0.1, -0.05) is 31.2 Å². The number of aliphatic carboxylic acids is 2. The number of carboxylic acid groups (broad SMARTS) is 2. The SMILES string of the molecule is CCC(CO)(CO)CO.C[C@@H](O)CO.Cc1c(N=C=O)cccc1N=C=O.Cc1ccc(N=C=O)cc1N=C=O.O=C(O)CCCCC(=O)O.O=C1OC(=O)c2ccccc21.OCCOCCO. The summed E-state index contributed by atoms with van der Waals surface area (Å²) in [6.45, 7) is 6.95. The Balaban J connectivity index is -0.000000738. The Morgan fingerprint density at radius 1 is 0.662 bits per heavy atom. The van der Waals surface area contributed by atoms with Crippen molar-refractivity contribution < 1.29 is 93.8 Å². The predicted molar refractivity (Wildman–Crippen MR) is 241 cm³/mol. The number of benzene rings is 3. The summed E-state index contributed by atoms with van der Waals surface area (Å²) < 4.78 is 8.99. The Morgan fingerprint density at radius 3 is 1.40 bits per heavy atom. The molecule has 1 heterocycles. The lowest BCUT2D eigenvalue weighted by Crippen LogP contribution is -2.32. The molecular weight excluding hydrogens is 901 g/mol. The van der Waals surface area contributed by atoms with Crippen molar-refractivity contribution in [3.63, 3.8) is 0 Å². The average Bonchev–Trinajstić information content (AvgIpc) is 3.62. The molecule has 372 valence electrons. The highest BCUT2D eigenvalue weighted by molar-refractivity contribution is 6.14. The van der Waals surface area contributed by atoms with Crippen molar-refractivity contribution in [1.82, 2.24) is 0 Å². The van der Waals surface area contributed by atoms with Gasteiger partial charge >= 0.3 is 23.9 Å². The number of hydrogen-bond donors (Lipinski definition) is 9. The van der Waals surface area contributed by atoms with Gasteiger partial charge in [-0.05, 0) is 82.0 Å². The zero-order chi connectivity index (χ0) is 52.3. The normalized spacial score (nSPS) is 10.6. The molecule has 0 saturated carbocycles. The van der Waals surface area contributed by atoms with E-state index in [2.05, 4.69) is 29.4 Å². The lowest BCUT2D eigenvalue weighted by molar-refractivity contribution is -0.139. The second kappa shape index (κ2) is 41.4. The molecule has 0 unspecified atom stereocenters. The number of esters is 2. The number of aliphatic hydroxyl groups excluding tert-OH is 7. The molecule has 0 aromatic heterocycles. The number of cyclic esters (lactones) is 2. The molecule has 23 heteroatoms. The molecule has 0 fully saturated rings. The van der Waals surface area contributed by atoms with Crippen molar-refractivity contribution in [2.45, 2.75) is 65.9 Å². The zero-order valence-electron chi connectivity index (χ0n) is 37.9. The Morgan fingerprint density at radius 2 is 1.07 bits per heavy atom. The van der Waals surface area contributed by atoms with E-state index in [4.69, 9.17) is 46.0 Å². The minimum atomic E-state index is -0.870. The van der Waals surface area contributed by atoms with E-state index >= 15 is 0 Å². The van der Waals surface area contributed by atoms with Crippen LogP contribution in [0.15, 0.2) is 80.6 Å². The molecule has 1 atom stereocenters. The maximum Gasteiger partial charge on any atom is 0.346 e. The molecular formula is C45H58N4O19. The number of aliphatic imine (C=N–C) groups is 4. The quantitative estimate of drug-likeness (QED) is 0.0290. The van der Waals surface area contributed by atoms with Crippen LogP contribution in [0.5, 0.6) is 0 Å². The van der Waals surface area contributed by atoms with Gasteiger partial charge in [0.15, 0.2) is 0 Å². The molecule has 3 aromatic rings. The molecule has 9 N–H and O–H groups in total. The smallest absolute Gasteiger partial charge is 0.346 e. The third-order valence-corrected chi connectivity index (χ3v) is 8.22. The lowest BCUT2D eigenvalue weighted by Gasteiger charge is -2.24. The highest BCUT2D eigenvalue weighted by atomic mass is 16.6. The molecule has 0 aliphatic carbocycles. The van der Waals surface area contributed by atoms with Gasteiger partial charge in [0.05, 0.1) is 92.8 Å². The van der Waals surface area contributed by atoms with Crippen LogP contribution >= 0.6 is 0 Å². The van der Waals surface area contributed by atoms with Crippen molar-refractivity contribution in [2.75, 3.05) is 52.9 Å². The second-order valence-electron chi connectivity index (χ2n) is 13.3. The maximum absolute atomic E-state index is 10.8.